The first-order valence-electron chi connectivity index (χ1n) is 4.21. The first-order valence-corrected chi connectivity index (χ1v) is 5.00. The molecule has 0 aliphatic carbocycles. The molecule has 74 valence electrons. The number of pyridine rings is 1. The van der Waals surface area contributed by atoms with Crippen molar-refractivity contribution in [2.75, 3.05) is 7.11 Å². The third-order valence-corrected chi connectivity index (χ3v) is 2.76. The van der Waals surface area contributed by atoms with Crippen molar-refractivity contribution in [1.29, 1.82) is 0 Å². The lowest BCUT2D eigenvalue weighted by atomic mass is 10.3. The highest BCUT2D eigenvalue weighted by Gasteiger charge is 2.04. The van der Waals surface area contributed by atoms with Gasteiger partial charge >= 0.3 is 0 Å². The van der Waals surface area contributed by atoms with Crippen LogP contribution < -0.4 is 0 Å². The highest BCUT2D eigenvalue weighted by atomic mass is 79.9. The number of methoxy groups -OCH3 is 1. The number of hydrogen-bond donors (Lipinski definition) is 0. The average Bonchev–Trinajstić information content (AvgIpc) is 2.48. The Labute approximate surface area is 90.0 Å². The van der Waals surface area contributed by atoms with Crippen LogP contribution >= 0.6 is 15.9 Å². The molecule has 0 fully saturated rings. The van der Waals surface area contributed by atoms with Crippen molar-refractivity contribution in [2.24, 2.45) is 0 Å². The van der Waals surface area contributed by atoms with E-state index in [0.29, 0.717) is 12.4 Å². The predicted octanol–water partition coefficient (Wildman–Crippen LogP) is 1.95. The van der Waals surface area contributed by atoms with Gasteiger partial charge in [0.2, 0.25) is 0 Å². The maximum atomic E-state index is 4.97. The number of nitrogens with zero attached hydrogens (tertiary/aromatic N) is 3. The number of aryl methyl sites for hydroxylation is 1. The van der Waals surface area contributed by atoms with Crippen molar-refractivity contribution in [3.05, 3.63) is 28.1 Å². The fraction of sp³-hybridized carbons (Fsp3) is 0.333. The van der Waals surface area contributed by atoms with Crippen LogP contribution in [0.4, 0.5) is 0 Å². The van der Waals surface area contributed by atoms with Gasteiger partial charge < -0.3 is 4.74 Å². The van der Waals surface area contributed by atoms with Crippen molar-refractivity contribution in [2.45, 2.75) is 13.5 Å². The molecule has 0 aliphatic heterocycles. The molecule has 0 N–H and O–H groups in total. The van der Waals surface area contributed by atoms with E-state index in [2.05, 4.69) is 26.0 Å². The first kappa shape index (κ1) is 9.61. The molecule has 0 unspecified atom stereocenters. The van der Waals surface area contributed by atoms with E-state index in [1.54, 1.807) is 11.6 Å². The topological polar surface area (TPSA) is 39.4 Å². The zero-order valence-electron chi connectivity index (χ0n) is 7.99. The quantitative estimate of drug-likeness (QED) is 0.824. The molecule has 2 aromatic heterocycles. The van der Waals surface area contributed by atoms with Gasteiger partial charge in [-0.3, -0.25) is 0 Å². The maximum Gasteiger partial charge on any atom is 0.177 e. The number of rotatable bonds is 2. The van der Waals surface area contributed by atoms with Crippen molar-refractivity contribution in [3.8, 4) is 0 Å². The lowest BCUT2D eigenvalue weighted by Gasteiger charge is -1.96. The fourth-order valence-electron chi connectivity index (χ4n) is 1.24. The second kappa shape index (κ2) is 3.67. The Kier molecular flexibility index (Phi) is 2.52. The van der Waals surface area contributed by atoms with E-state index in [1.165, 1.54) is 0 Å². The number of halogens is 1. The van der Waals surface area contributed by atoms with E-state index in [9.17, 15) is 0 Å². The van der Waals surface area contributed by atoms with Crippen molar-refractivity contribution >= 4 is 21.6 Å². The molecule has 0 bridgehead atoms. The van der Waals surface area contributed by atoms with E-state index in [0.717, 1.165) is 15.7 Å². The normalized spacial score (nSPS) is 11.1. The van der Waals surface area contributed by atoms with Crippen LogP contribution in [0.5, 0.6) is 0 Å². The molecule has 0 radical (unpaired) electrons. The predicted molar refractivity (Wildman–Crippen MR) is 56.1 cm³/mol. The summed E-state index contributed by atoms with van der Waals surface area (Å²) in [5, 5.41) is 4.25. The summed E-state index contributed by atoms with van der Waals surface area (Å²) in [6, 6.07) is 1.98. The second-order valence-corrected chi connectivity index (χ2v) is 3.92. The Balaban J connectivity index is 2.54. The Hall–Kier alpha value is -0.940. The van der Waals surface area contributed by atoms with Gasteiger partial charge in [0.15, 0.2) is 11.5 Å². The standard InChI is InChI=1S/C9H10BrN3O/c1-6-3-9-11-8(5-14-2)12-13(9)4-7(6)10/h3-4H,5H2,1-2H3. The summed E-state index contributed by atoms with van der Waals surface area (Å²) in [5.74, 6) is 0.699. The van der Waals surface area contributed by atoms with Crippen LogP contribution in [0.3, 0.4) is 0 Å². The first-order chi connectivity index (χ1) is 6.70. The molecule has 14 heavy (non-hydrogen) atoms. The van der Waals surface area contributed by atoms with Gasteiger partial charge in [-0.1, -0.05) is 0 Å². The summed E-state index contributed by atoms with van der Waals surface area (Å²) >= 11 is 3.44. The number of aromatic nitrogens is 3. The largest absolute Gasteiger partial charge is 0.377 e. The lowest BCUT2D eigenvalue weighted by Crippen LogP contribution is -1.91. The SMILES string of the molecule is COCc1nc2cc(C)c(Br)cn2n1. The molecule has 0 atom stereocenters. The smallest absolute Gasteiger partial charge is 0.177 e. The van der Waals surface area contributed by atoms with Crippen LogP contribution in [0, 0.1) is 6.92 Å². The minimum Gasteiger partial charge on any atom is -0.377 e. The number of ether oxygens (including phenoxy) is 1. The third kappa shape index (κ3) is 1.65. The Morgan fingerprint density at radius 2 is 2.36 bits per heavy atom. The summed E-state index contributed by atoms with van der Waals surface area (Å²) in [5.41, 5.74) is 1.99. The van der Waals surface area contributed by atoms with E-state index in [1.807, 2.05) is 19.2 Å². The molecule has 0 spiro atoms. The molecule has 2 rings (SSSR count). The summed E-state index contributed by atoms with van der Waals surface area (Å²) < 4.78 is 7.74. The number of fused-ring (bicyclic) bond motifs is 1. The zero-order valence-corrected chi connectivity index (χ0v) is 9.58. The van der Waals surface area contributed by atoms with Gasteiger partial charge in [-0.05, 0) is 34.5 Å². The molecule has 0 saturated heterocycles. The van der Waals surface area contributed by atoms with Gasteiger partial charge in [0.25, 0.3) is 0 Å². The molecule has 2 aromatic rings. The van der Waals surface area contributed by atoms with Gasteiger partial charge in [-0.25, -0.2) is 9.50 Å². The highest BCUT2D eigenvalue weighted by molar-refractivity contribution is 9.10. The molecule has 0 saturated carbocycles. The summed E-state index contributed by atoms with van der Waals surface area (Å²) in [7, 11) is 1.63. The summed E-state index contributed by atoms with van der Waals surface area (Å²) in [4.78, 5) is 4.31. The number of hydrogen-bond acceptors (Lipinski definition) is 3. The molecule has 5 heteroatoms. The van der Waals surface area contributed by atoms with Crippen molar-refractivity contribution in [3.63, 3.8) is 0 Å². The molecular weight excluding hydrogens is 246 g/mol. The molecule has 0 amide bonds. The Bertz CT molecular complexity index is 427. The van der Waals surface area contributed by atoms with Gasteiger partial charge in [-0.15, -0.1) is 5.10 Å². The van der Waals surface area contributed by atoms with Gasteiger partial charge in [0.1, 0.15) is 6.61 Å². The average molecular weight is 256 g/mol. The Morgan fingerprint density at radius 1 is 1.57 bits per heavy atom. The van der Waals surface area contributed by atoms with Gasteiger partial charge in [-0.2, -0.15) is 0 Å². The maximum absolute atomic E-state index is 4.97. The van der Waals surface area contributed by atoms with E-state index >= 15 is 0 Å². The van der Waals surface area contributed by atoms with E-state index < -0.39 is 0 Å². The van der Waals surface area contributed by atoms with Crippen molar-refractivity contribution in [1.82, 2.24) is 14.6 Å². The van der Waals surface area contributed by atoms with Crippen LogP contribution in [0.25, 0.3) is 5.65 Å². The molecule has 0 aromatic carbocycles. The molecule has 0 aliphatic rings. The highest BCUT2D eigenvalue weighted by Crippen LogP contribution is 2.16. The molecule has 4 nitrogen and oxygen atoms in total. The Morgan fingerprint density at radius 3 is 3.07 bits per heavy atom. The van der Waals surface area contributed by atoms with E-state index in [4.69, 9.17) is 4.74 Å². The second-order valence-electron chi connectivity index (χ2n) is 3.07. The minimum atomic E-state index is 0.443. The van der Waals surface area contributed by atoms with Crippen molar-refractivity contribution < 1.29 is 4.74 Å². The minimum absolute atomic E-state index is 0.443. The van der Waals surface area contributed by atoms with Crippen LogP contribution in [0.15, 0.2) is 16.7 Å². The fourth-order valence-corrected chi connectivity index (χ4v) is 1.55. The summed E-state index contributed by atoms with van der Waals surface area (Å²) in [6.45, 7) is 2.47. The van der Waals surface area contributed by atoms with Crippen LogP contribution in [0.2, 0.25) is 0 Å². The van der Waals surface area contributed by atoms with Crippen LogP contribution in [0.1, 0.15) is 11.4 Å². The molecule has 2 heterocycles. The van der Waals surface area contributed by atoms with Crippen LogP contribution in [-0.4, -0.2) is 21.7 Å². The lowest BCUT2D eigenvalue weighted by molar-refractivity contribution is 0.178. The zero-order chi connectivity index (χ0) is 10.1. The van der Waals surface area contributed by atoms with Crippen LogP contribution in [-0.2, 0) is 11.3 Å². The molecular formula is C9H10BrN3O. The van der Waals surface area contributed by atoms with E-state index in [-0.39, 0.29) is 0 Å². The monoisotopic (exact) mass is 255 g/mol. The van der Waals surface area contributed by atoms with Gasteiger partial charge in [0, 0.05) is 17.8 Å². The van der Waals surface area contributed by atoms with Gasteiger partial charge in [0.05, 0.1) is 0 Å². The summed E-state index contributed by atoms with van der Waals surface area (Å²) in [6.07, 6.45) is 1.90. The third-order valence-electron chi connectivity index (χ3n) is 1.93.